The first-order valence-electron chi connectivity index (χ1n) is 8.08. The van der Waals surface area contributed by atoms with Gasteiger partial charge >= 0.3 is 6.09 Å². The van der Waals surface area contributed by atoms with Crippen molar-refractivity contribution in [2.24, 2.45) is 0 Å². The molecule has 0 fully saturated rings. The number of ether oxygens (including phenoxy) is 1. The predicted octanol–water partition coefficient (Wildman–Crippen LogP) is 2.77. The molecule has 130 valence electrons. The van der Waals surface area contributed by atoms with Crippen LogP contribution in [0.1, 0.15) is 48.9 Å². The number of aryl methyl sites for hydroxylation is 1. The number of nitrogens with one attached hydrogen (secondary N) is 1. The lowest BCUT2D eigenvalue weighted by Crippen LogP contribution is -2.39. The second-order valence-corrected chi connectivity index (χ2v) is 6.81. The van der Waals surface area contributed by atoms with Gasteiger partial charge in [-0.05, 0) is 51.3 Å². The van der Waals surface area contributed by atoms with Crippen molar-refractivity contribution >= 4 is 17.6 Å². The lowest BCUT2D eigenvalue weighted by atomic mass is 9.98. The fourth-order valence-electron chi connectivity index (χ4n) is 2.56. The molecule has 1 aliphatic heterocycles. The van der Waals surface area contributed by atoms with Gasteiger partial charge < -0.3 is 15.0 Å². The van der Waals surface area contributed by atoms with Gasteiger partial charge in [0.2, 0.25) is 0 Å². The highest BCUT2D eigenvalue weighted by Gasteiger charge is 2.24. The van der Waals surface area contributed by atoms with Crippen molar-refractivity contribution in [2.45, 2.75) is 39.7 Å². The summed E-state index contributed by atoms with van der Waals surface area (Å²) in [6, 6.07) is 3.64. The molecule has 0 saturated carbocycles. The summed E-state index contributed by atoms with van der Waals surface area (Å²) < 4.78 is 5.40. The van der Waals surface area contributed by atoms with Gasteiger partial charge in [0.25, 0.3) is 5.91 Å². The lowest BCUT2D eigenvalue weighted by Gasteiger charge is -2.29. The predicted molar refractivity (Wildman–Crippen MR) is 92.8 cm³/mol. The molecule has 0 aliphatic carbocycles. The number of carbonyl (C=O) groups is 2. The van der Waals surface area contributed by atoms with E-state index in [9.17, 15) is 9.59 Å². The molecule has 6 heteroatoms. The van der Waals surface area contributed by atoms with Gasteiger partial charge in [0.15, 0.2) is 0 Å². The molecule has 1 aromatic heterocycles. The van der Waals surface area contributed by atoms with Crippen molar-refractivity contribution in [3.8, 4) is 0 Å². The van der Waals surface area contributed by atoms with Crippen molar-refractivity contribution in [3.05, 3.63) is 35.2 Å². The number of nitrogens with zero attached hydrogens (tertiary/aromatic N) is 2. The largest absolute Gasteiger partial charge is 0.444 e. The fraction of sp³-hybridized carbons (Fsp3) is 0.500. The van der Waals surface area contributed by atoms with E-state index < -0.39 is 5.60 Å². The zero-order valence-corrected chi connectivity index (χ0v) is 15.0. The Morgan fingerprint density at radius 1 is 1.29 bits per heavy atom. The molecule has 0 radical (unpaired) electrons. The van der Waals surface area contributed by atoms with Gasteiger partial charge in [-0.1, -0.05) is 12.1 Å². The third-order valence-electron chi connectivity index (χ3n) is 3.75. The molecule has 0 bridgehead atoms. The first-order chi connectivity index (χ1) is 11.2. The van der Waals surface area contributed by atoms with Gasteiger partial charge in [-0.2, -0.15) is 0 Å². The third-order valence-corrected chi connectivity index (χ3v) is 3.75. The summed E-state index contributed by atoms with van der Waals surface area (Å²) in [7, 11) is 1.59. The first-order valence-corrected chi connectivity index (χ1v) is 8.08. The smallest absolute Gasteiger partial charge is 0.410 e. The minimum atomic E-state index is -0.489. The van der Waals surface area contributed by atoms with Gasteiger partial charge in [0.05, 0.1) is 0 Å². The number of amides is 2. The van der Waals surface area contributed by atoms with Crippen LogP contribution in [0, 0.1) is 6.92 Å². The van der Waals surface area contributed by atoms with Crippen molar-refractivity contribution in [1.82, 2.24) is 15.2 Å². The maximum absolute atomic E-state index is 12.1. The SMILES string of the molecule is CNC(=O)c1ccc(C2=CCN(C(=O)OC(C)(C)C)CC2)c(C)n1. The minimum absolute atomic E-state index is 0.196. The molecule has 2 amide bonds. The Morgan fingerprint density at radius 2 is 2.00 bits per heavy atom. The van der Waals surface area contributed by atoms with E-state index >= 15 is 0 Å². The average Bonchev–Trinajstić information content (AvgIpc) is 2.52. The molecule has 1 aliphatic rings. The van der Waals surface area contributed by atoms with Crippen LogP contribution in [-0.4, -0.2) is 47.6 Å². The van der Waals surface area contributed by atoms with Gasteiger partial charge in [-0.3, -0.25) is 4.79 Å². The number of pyridine rings is 1. The van der Waals surface area contributed by atoms with Crippen molar-refractivity contribution < 1.29 is 14.3 Å². The van der Waals surface area contributed by atoms with Crippen molar-refractivity contribution in [2.75, 3.05) is 20.1 Å². The minimum Gasteiger partial charge on any atom is -0.444 e. The van der Waals surface area contributed by atoms with Crippen LogP contribution < -0.4 is 5.32 Å². The molecule has 0 spiro atoms. The number of hydrogen-bond donors (Lipinski definition) is 1. The van der Waals surface area contributed by atoms with Crippen LogP contribution in [0.2, 0.25) is 0 Å². The zero-order chi connectivity index (χ0) is 17.9. The maximum Gasteiger partial charge on any atom is 0.410 e. The van der Waals surface area contributed by atoms with Crippen LogP contribution in [0.5, 0.6) is 0 Å². The first kappa shape index (κ1) is 18.0. The van der Waals surface area contributed by atoms with Crippen LogP contribution in [0.25, 0.3) is 5.57 Å². The van der Waals surface area contributed by atoms with E-state index in [-0.39, 0.29) is 12.0 Å². The quantitative estimate of drug-likeness (QED) is 0.904. The van der Waals surface area contributed by atoms with Gasteiger partial charge in [0.1, 0.15) is 11.3 Å². The van der Waals surface area contributed by atoms with Crippen LogP contribution >= 0.6 is 0 Å². The standard InChI is InChI=1S/C18H25N3O3/c1-12-14(6-7-15(20-12)16(22)19-5)13-8-10-21(11-9-13)17(23)24-18(2,3)4/h6-8H,9-11H2,1-5H3,(H,19,22). The monoisotopic (exact) mass is 331 g/mol. The molecule has 6 nitrogen and oxygen atoms in total. The average molecular weight is 331 g/mol. The molecule has 0 atom stereocenters. The molecule has 1 aromatic rings. The Balaban J connectivity index is 2.10. The summed E-state index contributed by atoms with van der Waals surface area (Å²) in [5.74, 6) is -0.196. The number of aromatic nitrogens is 1. The van der Waals surface area contributed by atoms with E-state index in [1.165, 1.54) is 0 Å². The molecule has 2 rings (SSSR count). The van der Waals surface area contributed by atoms with E-state index in [4.69, 9.17) is 4.74 Å². The highest BCUT2D eigenvalue weighted by molar-refractivity contribution is 5.92. The highest BCUT2D eigenvalue weighted by Crippen LogP contribution is 2.25. The summed E-state index contributed by atoms with van der Waals surface area (Å²) in [5.41, 5.74) is 2.89. The van der Waals surface area contributed by atoms with E-state index in [0.717, 1.165) is 23.3 Å². The van der Waals surface area contributed by atoms with Crippen LogP contribution in [-0.2, 0) is 4.74 Å². The lowest BCUT2D eigenvalue weighted by molar-refractivity contribution is 0.0270. The molecular formula is C18H25N3O3. The third kappa shape index (κ3) is 4.34. The molecule has 1 N–H and O–H groups in total. The van der Waals surface area contributed by atoms with E-state index in [2.05, 4.69) is 10.3 Å². The van der Waals surface area contributed by atoms with E-state index in [0.29, 0.717) is 18.8 Å². The molecule has 0 aromatic carbocycles. The number of rotatable bonds is 2. The molecule has 2 heterocycles. The normalized spacial score (nSPS) is 14.9. The molecule has 0 saturated heterocycles. The highest BCUT2D eigenvalue weighted by atomic mass is 16.6. The second-order valence-electron chi connectivity index (χ2n) is 6.81. The Morgan fingerprint density at radius 3 is 2.50 bits per heavy atom. The van der Waals surface area contributed by atoms with Crippen molar-refractivity contribution in [3.63, 3.8) is 0 Å². The van der Waals surface area contributed by atoms with Crippen LogP contribution in [0.4, 0.5) is 4.79 Å². The summed E-state index contributed by atoms with van der Waals surface area (Å²) >= 11 is 0. The molecule has 0 unspecified atom stereocenters. The Hall–Kier alpha value is -2.37. The van der Waals surface area contributed by atoms with Gasteiger partial charge in [-0.25, -0.2) is 9.78 Å². The summed E-state index contributed by atoms with van der Waals surface area (Å²) in [4.78, 5) is 29.8. The summed E-state index contributed by atoms with van der Waals surface area (Å²) in [6.45, 7) is 8.60. The van der Waals surface area contributed by atoms with Gasteiger partial charge in [0, 0.05) is 25.8 Å². The second kappa shape index (κ2) is 7.03. The molecule has 24 heavy (non-hydrogen) atoms. The summed E-state index contributed by atoms with van der Waals surface area (Å²) in [6.07, 6.45) is 2.47. The van der Waals surface area contributed by atoms with E-state index in [1.54, 1.807) is 18.0 Å². The maximum atomic E-state index is 12.1. The topological polar surface area (TPSA) is 71.5 Å². The van der Waals surface area contributed by atoms with Crippen LogP contribution in [0.3, 0.4) is 0 Å². The number of carbonyl (C=O) groups excluding carboxylic acids is 2. The Labute approximate surface area is 142 Å². The van der Waals surface area contributed by atoms with Gasteiger partial charge in [-0.15, -0.1) is 0 Å². The number of hydrogen-bond acceptors (Lipinski definition) is 4. The summed E-state index contributed by atoms with van der Waals surface area (Å²) in [5, 5.41) is 2.57. The van der Waals surface area contributed by atoms with Crippen molar-refractivity contribution in [1.29, 1.82) is 0 Å². The van der Waals surface area contributed by atoms with Crippen LogP contribution in [0.15, 0.2) is 18.2 Å². The Kier molecular flexibility index (Phi) is 5.26. The van der Waals surface area contributed by atoms with E-state index in [1.807, 2.05) is 39.8 Å². The Bertz CT molecular complexity index is 675. The molecular weight excluding hydrogens is 306 g/mol. The zero-order valence-electron chi connectivity index (χ0n) is 15.0. The fourth-order valence-corrected chi connectivity index (χ4v) is 2.56.